The lowest BCUT2D eigenvalue weighted by atomic mass is 9.80. The van der Waals surface area contributed by atoms with Gasteiger partial charge < -0.3 is 0 Å². The maximum atomic E-state index is 3.21. The Morgan fingerprint density at radius 3 is 1.89 bits per heavy atom. The normalized spacial score (nSPS) is 14.4. The molecule has 0 aliphatic heterocycles. The van der Waals surface area contributed by atoms with Gasteiger partial charge in [0.2, 0.25) is 0 Å². The molecular weight excluding hydrogens is 216 g/mol. The molecule has 0 bridgehead atoms. The third-order valence-corrected chi connectivity index (χ3v) is 3.61. The fourth-order valence-corrected chi connectivity index (χ4v) is 2.25. The Labute approximate surface area is 109 Å². The molecule has 0 spiro atoms. The summed E-state index contributed by atoms with van der Waals surface area (Å²) in [4.78, 5) is 0. The number of benzene rings is 2. The molecule has 2 aromatic carbocycles. The summed E-state index contributed by atoms with van der Waals surface area (Å²) in [6.45, 7) is 0. The number of rotatable bonds is 1. The highest BCUT2D eigenvalue weighted by Gasteiger charge is 2.18. The molecule has 0 heterocycles. The Morgan fingerprint density at radius 1 is 0.722 bits per heavy atom. The fraction of sp³-hybridized carbons (Fsp3) is 0.222. The zero-order valence-corrected chi connectivity index (χ0v) is 10.4. The van der Waals surface area contributed by atoms with Gasteiger partial charge in [-0.1, -0.05) is 48.6 Å². The summed E-state index contributed by atoms with van der Waals surface area (Å²) in [6.07, 6.45) is 4.10. The molecule has 0 heteroatoms. The van der Waals surface area contributed by atoms with Crippen LogP contribution in [-0.2, 0) is 0 Å². The Hall–Kier alpha value is -2.00. The molecule has 0 N–H and O–H groups in total. The van der Waals surface area contributed by atoms with E-state index in [2.05, 4.69) is 36.1 Å². The predicted octanol–water partition coefficient (Wildman–Crippen LogP) is 4.35. The molecule has 3 rings (SSSR count). The van der Waals surface area contributed by atoms with Crippen LogP contribution in [0.5, 0.6) is 0 Å². The lowest BCUT2D eigenvalue weighted by molar-refractivity contribution is 0.420. The van der Waals surface area contributed by atoms with Crippen LogP contribution in [0, 0.1) is 11.8 Å². The van der Waals surface area contributed by atoms with Gasteiger partial charge >= 0.3 is 0 Å². The molecule has 0 nitrogen and oxygen atoms in total. The lowest BCUT2D eigenvalue weighted by Gasteiger charge is -2.25. The molecule has 0 aromatic heterocycles. The third-order valence-electron chi connectivity index (χ3n) is 3.61. The SMILES string of the molecule is C(#Cc1ccc(C2CCC2)cc1)c1ccccc1. The van der Waals surface area contributed by atoms with Crippen molar-refractivity contribution >= 4 is 0 Å². The lowest BCUT2D eigenvalue weighted by Crippen LogP contribution is -2.08. The summed E-state index contributed by atoms with van der Waals surface area (Å²) in [7, 11) is 0. The molecule has 2 aromatic rings. The topological polar surface area (TPSA) is 0 Å². The van der Waals surface area contributed by atoms with Crippen molar-refractivity contribution < 1.29 is 0 Å². The second-order valence-corrected chi connectivity index (χ2v) is 4.87. The van der Waals surface area contributed by atoms with E-state index >= 15 is 0 Å². The minimum atomic E-state index is 0.807. The van der Waals surface area contributed by atoms with Crippen molar-refractivity contribution in [2.45, 2.75) is 25.2 Å². The molecule has 0 atom stereocenters. The van der Waals surface area contributed by atoms with E-state index in [1.165, 1.54) is 24.8 Å². The molecule has 1 fully saturated rings. The van der Waals surface area contributed by atoms with Crippen molar-refractivity contribution in [3.63, 3.8) is 0 Å². The Morgan fingerprint density at radius 2 is 1.33 bits per heavy atom. The Kier molecular flexibility index (Phi) is 3.15. The van der Waals surface area contributed by atoms with E-state index in [4.69, 9.17) is 0 Å². The Balaban J connectivity index is 1.75. The minimum absolute atomic E-state index is 0.807. The number of hydrogen-bond donors (Lipinski definition) is 0. The molecule has 1 saturated carbocycles. The van der Waals surface area contributed by atoms with Gasteiger partial charge in [-0.15, -0.1) is 0 Å². The van der Waals surface area contributed by atoms with E-state index in [0.717, 1.165) is 17.0 Å². The van der Waals surface area contributed by atoms with Crippen LogP contribution in [0.1, 0.15) is 41.9 Å². The first-order valence-corrected chi connectivity index (χ1v) is 6.59. The third kappa shape index (κ3) is 2.46. The zero-order valence-electron chi connectivity index (χ0n) is 10.4. The van der Waals surface area contributed by atoms with Crippen LogP contribution in [0.2, 0.25) is 0 Å². The summed E-state index contributed by atoms with van der Waals surface area (Å²) in [5.41, 5.74) is 3.65. The number of hydrogen-bond acceptors (Lipinski definition) is 0. The molecule has 0 saturated heterocycles. The van der Waals surface area contributed by atoms with E-state index in [9.17, 15) is 0 Å². The van der Waals surface area contributed by atoms with Crippen LogP contribution in [0.25, 0.3) is 0 Å². The summed E-state index contributed by atoms with van der Waals surface area (Å²) in [5.74, 6) is 7.21. The molecule has 0 unspecified atom stereocenters. The largest absolute Gasteiger partial charge is 0.0622 e. The molecular formula is C18H16. The monoisotopic (exact) mass is 232 g/mol. The first-order chi connectivity index (χ1) is 8.92. The van der Waals surface area contributed by atoms with Crippen LogP contribution >= 0.6 is 0 Å². The van der Waals surface area contributed by atoms with Gasteiger partial charge in [-0.05, 0) is 48.6 Å². The van der Waals surface area contributed by atoms with E-state index in [1.54, 1.807) is 0 Å². The summed E-state index contributed by atoms with van der Waals surface area (Å²) < 4.78 is 0. The maximum Gasteiger partial charge on any atom is 0.0249 e. The van der Waals surface area contributed by atoms with Crippen molar-refractivity contribution in [2.75, 3.05) is 0 Å². The van der Waals surface area contributed by atoms with Gasteiger partial charge in [-0.3, -0.25) is 0 Å². The van der Waals surface area contributed by atoms with Gasteiger partial charge in [0.05, 0.1) is 0 Å². The van der Waals surface area contributed by atoms with Crippen molar-refractivity contribution in [3.05, 3.63) is 71.3 Å². The van der Waals surface area contributed by atoms with Crippen LogP contribution < -0.4 is 0 Å². The molecule has 18 heavy (non-hydrogen) atoms. The standard InChI is InChI=1S/C18H16/c1-2-5-15(6-3-1)9-10-16-11-13-18(14-12-16)17-7-4-8-17/h1-3,5-6,11-14,17H,4,7-8H2. The summed E-state index contributed by atoms with van der Waals surface area (Å²) >= 11 is 0. The molecule has 1 aliphatic rings. The van der Waals surface area contributed by atoms with Crippen molar-refractivity contribution in [3.8, 4) is 11.8 Å². The van der Waals surface area contributed by atoms with Crippen molar-refractivity contribution in [1.82, 2.24) is 0 Å². The highest BCUT2D eigenvalue weighted by Crippen LogP contribution is 2.36. The summed E-state index contributed by atoms with van der Waals surface area (Å²) in [6, 6.07) is 18.9. The Bertz CT molecular complexity index is 563. The molecule has 0 amide bonds. The fourth-order valence-electron chi connectivity index (χ4n) is 2.25. The highest BCUT2D eigenvalue weighted by atomic mass is 14.2. The second-order valence-electron chi connectivity index (χ2n) is 4.87. The minimum Gasteiger partial charge on any atom is -0.0622 e. The smallest absolute Gasteiger partial charge is 0.0249 e. The van der Waals surface area contributed by atoms with Gasteiger partial charge in [0.15, 0.2) is 0 Å². The van der Waals surface area contributed by atoms with Crippen LogP contribution in [0.4, 0.5) is 0 Å². The van der Waals surface area contributed by atoms with Gasteiger partial charge in [0.1, 0.15) is 0 Å². The average Bonchev–Trinajstić information content (AvgIpc) is 2.37. The van der Waals surface area contributed by atoms with Gasteiger partial charge in [0.25, 0.3) is 0 Å². The van der Waals surface area contributed by atoms with E-state index in [1.807, 2.05) is 30.3 Å². The second kappa shape index (κ2) is 5.10. The average molecular weight is 232 g/mol. The molecule has 88 valence electrons. The van der Waals surface area contributed by atoms with E-state index < -0.39 is 0 Å². The quantitative estimate of drug-likeness (QED) is 0.641. The summed E-state index contributed by atoms with van der Waals surface area (Å²) in [5, 5.41) is 0. The van der Waals surface area contributed by atoms with E-state index in [-0.39, 0.29) is 0 Å². The van der Waals surface area contributed by atoms with Gasteiger partial charge in [-0.25, -0.2) is 0 Å². The highest BCUT2D eigenvalue weighted by molar-refractivity contribution is 5.43. The zero-order chi connectivity index (χ0) is 12.2. The van der Waals surface area contributed by atoms with Crippen LogP contribution in [-0.4, -0.2) is 0 Å². The first-order valence-electron chi connectivity index (χ1n) is 6.59. The predicted molar refractivity (Wildman–Crippen MR) is 75.5 cm³/mol. The molecule has 1 aliphatic carbocycles. The molecule has 0 radical (unpaired) electrons. The van der Waals surface area contributed by atoms with Crippen LogP contribution in [0.15, 0.2) is 54.6 Å². The van der Waals surface area contributed by atoms with E-state index in [0.29, 0.717) is 0 Å². The van der Waals surface area contributed by atoms with Crippen molar-refractivity contribution in [1.29, 1.82) is 0 Å². The van der Waals surface area contributed by atoms with Gasteiger partial charge in [-0.2, -0.15) is 0 Å². The maximum absolute atomic E-state index is 3.21. The van der Waals surface area contributed by atoms with Crippen LogP contribution in [0.3, 0.4) is 0 Å². The first kappa shape index (κ1) is 11.1. The van der Waals surface area contributed by atoms with Gasteiger partial charge in [0, 0.05) is 11.1 Å². The van der Waals surface area contributed by atoms with Crippen molar-refractivity contribution in [2.24, 2.45) is 0 Å².